The lowest BCUT2D eigenvalue weighted by Crippen LogP contribution is -2.32. The fraction of sp³-hybridized carbons (Fsp3) is 0.316. The maximum absolute atomic E-state index is 12.4. The van der Waals surface area contributed by atoms with Crippen LogP contribution in [0.25, 0.3) is 5.65 Å². The summed E-state index contributed by atoms with van der Waals surface area (Å²) in [4.78, 5) is 12.4. The molecule has 0 saturated heterocycles. The van der Waals surface area contributed by atoms with Crippen LogP contribution in [0.2, 0.25) is 0 Å². The number of rotatable bonds is 7. The smallest absolute Gasteiger partial charge is 0.240 e. The van der Waals surface area contributed by atoms with Gasteiger partial charge in [-0.15, -0.1) is 10.2 Å². The van der Waals surface area contributed by atoms with E-state index in [1.54, 1.807) is 29.5 Å². The van der Waals surface area contributed by atoms with E-state index in [-0.39, 0.29) is 29.8 Å². The Labute approximate surface area is 164 Å². The summed E-state index contributed by atoms with van der Waals surface area (Å²) in [6, 6.07) is 10.1. The number of amides is 1. The van der Waals surface area contributed by atoms with Crippen molar-refractivity contribution in [1.82, 2.24) is 24.6 Å². The Morgan fingerprint density at radius 2 is 1.93 bits per heavy atom. The first-order valence-electron chi connectivity index (χ1n) is 8.94. The number of benzene rings is 1. The number of carbonyl (C=O) groups is 1. The van der Waals surface area contributed by atoms with E-state index in [4.69, 9.17) is 0 Å². The van der Waals surface area contributed by atoms with E-state index >= 15 is 0 Å². The van der Waals surface area contributed by atoms with Crippen molar-refractivity contribution < 1.29 is 13.2 Å². The number of sulfonamides is 1. The number of pyridine rings is 1. The number of aromatic nitrogens is 3. The number of carbonyl (C=O) groups excluding carboxylic acids is 1. The minimum atomic E-state index is -3.65. The van der Waals surface area contributed by atoms with Gasteiger partial charge in [-0.25, -0.2) is 13.1 Å². The van der Waals surface area contributed by atoms with Gasteiger partial charge in [0.25, 0.3) is 0 Å². The predicted octanol–water partition coefficient (Wildman–Crippen LogP) is 1.89. The molecule has 2 heterocycles. The van der Waals surface area contributed by atoms with Crippen LogP contribution in [0.3, 0.4) is 0 Å². The largest absolute Gasteiger partial charge is 0.346 e. The highest BCUT2D eigenvalue weighted by atomic mass is 32.2. The van der Waals surface area contributed by atoms with Crippen molar-refractivity contribution in [2.24, 2.45) is 0 Å². The van der Waals surface area contributed by atoms with Crippen LogP contribution in [0.15, 0.2) is 47.5 Å². The molecule has 1 amide bonds. The number of hydrogen-bond donors (Lipinski definition) is 2. The van der Waals surface area contributed by atoms with E-state index in [2.05, 4.69) is 20.2 Å². The van der Waals surface area contributed by atoms with E-state index < -0.39 is 10.0 Å². The van der Waals surface area contributed by atoms with Gasteiger partial charge in [0.1, 0.15) is 0 Å². The molecule has 3 aromatic rings. The first-order chi connectivity index (χ1) is 13.3. The summed E-state index contributed by atoms with van der Waals surface area (Å²) < 4.78 is 29.0. The molecule has 0 aliphatic heterocycles. The Bertz CT molecular complexity index is 1110. The average Bonchev–Trinajstić information content (AvgIpc) is 3.08. The molecule has 0 aliphatic carbocycles. The summed E-state index contributed by atoms with van der Waals surface area (Å²) in [6.45, 7) is 5.59. The number of nitrogens with zero attached hydrogens (tertiary/aromatic N) is 3. The zero-order chi connectivity index (χ0) is 20.3. The molecule has 2 N–H and O–H groups in total. The first-order valence-corrected chi connectivity index (χ1v) is 10.4. The fourth-order valence-corrected chi connectivity index (χ4v) is 3.91. The molecule has 0 radical (unpaired) electrons. The van der Waals surface area contributed by atoms with Crippen molar-refractivity contribution in [1.29, 1.82) is 0 Å². The van der Waals surface area contributed by atoms with E-state index in [1.165, 1.54) is 0 Å². The SMILES string of the molecule is Cc1ccc(S(=O)(=O)NCCC(=O)NC(C)c2nnc3ccccn23)cc1C. The van der Waals surface area contributed by atoms with E-state index in [0.717, 1.165) is 11.1 Å². The lowest BCUT2D eigenvalue weighted by molar-refractivity contribution is -0.121. The molecule has 0 fully saturated rings. The van der Waals surface area contributed by atoms with Crippen LogP contribution in [-0.4, -0.2) is 35.5 Å². The summed E-state index contributed by atoms with van der Waals surface area (Å²) in [5.41, 5.74) is 2.61. The van der Waals surface area contributed by atoms with E-state index in [0.29, 0.717) is 11.5 Å². The van der Waals surface area contributed by atoms with E-state index in [1.807, 2.05) is 38.2 Å². The maximum atomic E-state index is 12.4. The number of hydrogen-bond acceptors (Lipinski definition) is 5. The zero-order valence-corrected chi connectivity index (χ0v) is 16.8. The topological polar surface area (TPSA) is 105 Å². The highest BCUT2D eigenvalue weighted by Crippen LogP contribution is 2.15. The molecule has 0 saturated carbocycles. The molecular weight excluding hydrogens is 378 g/mol. The second-order valence-corrected chi connectivity index (χ2v) is 8.44. The van der Waals surface area contributed by atoms with E-state index in [9.17, 15) is 13.2 Å². The highest BCUT2D eigenvalue weighted by Gasteiger charge is 2.17. The maximum Gasteiger partial charge on any atom is 0.240 e. The van der Waals surface area contributed by atoms with Gasteiger partial charge in [0.05, 0.1) is 10.9 Å². The Balaban J connectivity index is 1.56. The normalized spacial score (nSPS) is 12.8. The van der Waals surface area contributed by atoms with Gasteiger partial charge >= 0.3 is 0 Å². The second kappa shape index (κ2) is 8.07. The number of nitrogens with one attached hydrogen (secondary N) is 2. The minimum absolute atomic E-state index is 0.00833. The molecule has 0 aliphatic rings. The van der Waals surface area contributed by atoms with Crippen LogP contribution in [0.4, 0.5) is 0 Å². The van der Waals surface area contributed by atoms with Crippen LogP contribution in [0, 0.1) is 13.8 Å². The Morgan fingerprint density at radius 1 is 1.14 bits per heavy atom. The van der Waals surface area contributed by atoms with Crippen LogP contribution >= 0.6 is 0 Å². The lowest BCUT2D eigenvalue weighted by atomic mass is 10.1. The third kappa shape index (κ3) is 4.37. The van der Waals surface area contributed by atoms with Gasteiger partial charge < -0.3 is 5.32 Å². The molecule has 8 nitrogen and oxygen atoms in total. The molecule has 28 heavy (non-hydrogen) atoms. The van der Waals surface area contributed by atoms with Crippen molar-refractivity contribution in [2.45, 2.75) is 38.1 Å². The molecule has 0 spiro atoms. The Morgan fingerprint density at radius 3 is 2.68 bits per heavy atom. The van der Waals surface area contributed by atoms with Crippen LogP contribution in [0.5, 0.6) is 0 Å². The molecule has 3 rings (SSSR count). The van der Waals surface area contributed by atoms with Crippen molar-refractivity contribution in [2.75, 3.05) is 6.54 Å². The summed E-state index contributed by atoms with van der Waals surface area (Å²) in [6.07, 6.45) is 1.84. The fourth-order valence-electron chi connectivity index (χ4n) is 2.80. The molecule has 9 heteroatoms. The summed E-state index contributed by atoms with van der Waals surface area (Å²) in [5.74, 6) is 0.336. The minimum Gasteiger partial charge on any atom is -0.346 e. The Hall–Kier alpha value is -2.78. The molecule has 2 aromatic heterocycles. The quantitative estimate of drug-likeness (QED) is 0.629. The van der Waals surface area contributed by atoms with Crippen LogP contribution in [0.1, 0.15) is 36.3 Å². The zero-order valence-electron chi connectivity index (χ0n) is 16.0. The first kappa shape index (κ1) is 20.0. The van der Waals surface area contributed by atoms with Crippen molar-refractivity contribution in [3.05, 3.63) is 59.5 Å². The third-order valence-corrected chi connectivity index (χ3v) is 6.00. The third-order valence-electron chi connectivity index (χ3n) is 4.54. The second-order valence-electron chi connectivity index (χ2n) is 6.67. The van der Waals surface area contributed by atoms with Gasteiger partial charge in [-0.2, -0.15) is 0 Å². The van der Waals surface area contributed by atoms with Crippen LogP contribution < -0.4 is 10.0 Å². The highest BCUT2D eigenvalue weighted by molar-refractivity contribution is 7.89. The van der Waals surface area contributed by atoms with Crippen LogP contribution in [-0.2, 0) is 14.8 Å². The average molecular weight is 401 g/mol. The molecule has 0 bridgehead atoms. The molecular formula is C19H23N5O3S. The lowest BCUT2D eigenvalue weighted by Gasteiger charge is -2.13. The number of fused-ring (bicyclic) bond motifs is 1. The Kier molecular flexibility index (Phi) is 5.76. The van der Waals surface area contributed by atoms with Crippen molar-refractivity contribution in [3.63, 3.8) is 0 Å². The molecule has 1 unspecified atom stereocenters. The van der Waals surface area contributed by atoms with Gasteiger partial charge in [-0.1, -0.05) is 12.1 Å². The van der Waals surface area contributed by atoms with Gasteiger partial charge in [0.2, 0.25) is 15.9 Å². The monoisotopic (exact) mass is 401 g/mol. The summed E-state index contributed by atoms with van der Waals surface area (Å²) in [7, 11) is -3.65. The standard InChI is InChI=1S/C19H23N5O3S/c1-13-7-8-16(12-14(13)2)28(26,27)20-10-9-18(25)21-15(3)19-23-22-17-6-4-5-11-24(17)19/h4-8,11-12,15,20H,9-10H2,1-3H3,(H,21,25). The van der Waals surface area contributed by atoms with Gasteiger partial charge in [-0.3, -0.25) is 9.20 Å². The molecule has 1 aromatic carbocycles. The van der Waals surface area contributed by atoms with Crippen molar-refractivity contribution >= 4 is 21.6 Å². The predicted molar refractivity (Wildman–Crippen MR) is 105 cm³/mol. The van der Waals surface area contributed by atoms with Gasteiger partial charge in [-0.05, 0) is 56.2 Å². The van der Waals surface area contributed by atoms with Gasteiger partial charge in [0.15, 0.2) is 11.5 Å². The summed E-state index contributed by atoms with van der Waals surface area (Å²) >= 11 is 0. The van der Waals surface area contributed by atoms with Crippen molar-refractivity contribution in [3.8, 4) is 0 Å². The van der Waals surface area contributed by atoms with Gasteiger partial charge in [0, 0.05) is 19.2 Å². The molecule has 148 valence electrons. The summed E-state index contributed by atoms with van der Waals surface area (Å²) in [5, 5.41) is 11.0. The molecule has 1 atom stereocenters. The number of aryl methyl sites for hydroxylation is 2.